The monoisotopic (exact) mass is 529 g/mol. The number of fused-ring (bicyclic) bond motifs is 2. The maximum atomic E-state index is 4.79. The van der Waals surface area contributed by atoms with Crippen LogP contribution in [0.25, 0.3) is 54.4 Å². The summed E-state index contributed by atoms with van der Waals surface area (Å²) in [5.41, 5.74) is 7.68. The van der Waals surface area contributed by atoms with Crippen LogP contribution in [0.3, 0.4) is 0 Å². The van der Waals surface area contributed by atoms with Crippen LogP contribution in [0.5, 0.6) is 0 Å². The van der Waals surface area contributed by atoms with Crippen molar-refractivity contribution in [3.05, 3.63) is 115 Å². The van der Waals surface area contributed by atoms with Gasteiger partial charge >= 0.3 is 0 Å². The van der Waals surface area contributed by atoms with Gasteiger partial charge in [-0.25, -0.2) is 0 Å². The van der Waals surface area contributed by atoms with Gasteiger partial charge in [-0.2, -0.15) is 0 Å². The molecule has 0 aliphatic rings. The van der Waals surface area contributed by atoms with Gasteiger partial charge in [0, 0.05) is 30.2 Å². The molecule has 41 heavy (non-hydrogen) atoms. The van der Waals surface area contributed by atoms with Crippen LogP contribution in [-0.2, 0) is 5.41 Å². The first kappa shape index (κ1) is 23.7. The molecule has 0 saturated heterocycles. The molecule has 8 aromatic rings. The van der Waals surface area contributed by atoms with E-state index in [1.54, 1.807) is 0 Å². The van der Waals surface area contributed by atoms with Gasteiger partial charge in [-0.05, 0) is 80.4 Å². The second-order valence-corrected chi connectivity index (χ2v) is 11.6. The molecule has 0 N–H and O–H groups in total. The summed E-state index contributed by atoms with van der Waals surface area (Å²) in [6.07, 6.45) is 7.36. The van der Waals surface area contributed by atoms with E-state index in [4.69, 9.17) is 9.97 Å². The van der Waals surface area contributed by atoms with Crippen molar-refractivity contribution in [3.8, 4) is 0 Å². The van der Waals surface area contributed by atoms with E-state index in [9.17, 15) is 0 Å². The van der Waals surface area contributed by atoms with E-state index in [1.807, 2.05) is 61.2 Å². The van der Waals surface area contributed by atoms with Gasteiger partial charge in [0.1, 0.15) is 11.0 Å². The second kappa shape index (κ2) is 8.67. The Hall–Kier alpha value is -5.16. The van der Waals surface area contributed by atoms with Crippen molar-refractivity contribution in [1.82, 2.24) is 19.9 Å². The van der Waals surface area contributed by atoms with Gasteiger partial charge in [-0.3, -0.25) is 19.9 Å². The molecular formula is C36H27N5. The van der Waals surface area contributed by atoms with E-state index in [0.717, 1.165) is 39.1 Å². The molecule has 0 aliphatic carbocycles. The Bertz CT molecular complexity index is 2170. The minimum atomic E-state index is 0.0282. The van der Waals surface area contributed by atoms with E-state index < -0.39 is 0 Å². The molecule has 0 radical (unpaired) electrons. The smallest absolute Gasteiger partial charge is 0.113 e. The number of benzene rings is 4. The lowest BCUT2D eigenvalue weighted by atomic mass is 9.81. The first-order valence-electron chi connectivity index (χ1n) is 13.9. The maximum Gasteiger partial charge on any atom is 0.113 e. The minimum absolute atomic E-state index is 0.0282. The summed E-state index contributed by atoms with van der Waals surface area (Å²) >= 11 is 0. The van der Waals surface area contributed by atoms with Crippen LogP contribution >= 0.6 is 0 Å². The molecule has 4 aromatic heterocycles. The molecule has 4 heterocycles. The fraction of sp³-hybridized carbons (Fsp3) is 0.111. The standard InChI is InChI=1S/C36H27N5/c1-36(2,3)26-14-10-22-9-13-25-29(15-11-23-8-12-24(26)32(22)33(23)25)41(30-16-20-37-27-6-4-18-39-34(27)30)31-17-21-38-28-7-5-19-40-35(28)31/h4-21H,1-3H3. The zero-order valence-corrected chi connectivity index (χ0v) is 23.1. The van der Waals surface area contributed by atoms with Gasteiger partial charge < -0.3 is 4.90 Å². The highest BCUT2D eigenvalue weighted by Gasteiger charge is 2.24. The molecule has 5 nitrogen and oxygen atoms in total. The summed E-state index contributed by atoms with van der Waals surface area (Å²) in [5, 5.41) is 7.54. The lowest BCUT2D eigenvalue weighted by Gasteiger charge is -2.29. The Morgan fingerprint density at radius 2 is 1.02 bits per heavy atom. The third-order valence-corrected chi connectivity index (χ3v) is 8.12. The first-order chi connectivity index (χ1) is 20.0. The predicted molar refractivity (Wildman–Crippen MR) is 170 cm³/mol. The highest BCUT2D eigenvalue weighted by atomic mass is 15.2. The SMILES string of the molecule is CC(C)(C)c1ccc2ccc3c(N(c4ccnc5cccnc45)c4ccnc5cccnc45)ccc4ccc1c2c43. The molecule has 0 saturated carbocycles. The van der Waals surface area contributed by atoms with Gasteiger partial charge in [0.15, 0.2) is 0 Å². The normalized spacial score (nSPS) is 12.3. The van der Waals surface area contributed by atoms with Crippen molar-refractivity contribution < 1.29 is 0 Å². The van der Waals surface area contributed by atoms with Gasteiger partial charge in [0.05, 0.1) is 28.1 Å². The zero-order chi connectivity index (χ0) is 27.7. The second-order valence-electron chi connectivity index (χ2n) is 11.6. The fourth-order valence-corrected chi connectivity index (χ4v) is 6.32. The molecule has 8 rings (SSSR count). The summed E-state index contributed by atoms with van der Waals surface area (Å²) in [5.74, 6) is 0. The van der Waals surface area contributed by atoms with Gasteiger partial charge in [0.2, 0.25) is 0 Å². The summed E-state index contributed by atoms with van der Waals surface area (Å²) < 4.78 is 0. The Kier molecular flexibility index (Phi) is 5.01. The van der Waals surface area contributed by atoms with E-state index in [0.29, 0.717) is 0 Å². The summed E-state index contributed by atoms with van der Waals surface area (Å²) in [6.45, 7) is 6.86. The predicted octanol–water partition coefficient (Wildman–Crippen LogP) is 9.24. The minimum Gasteiger partial charge on any atom is -0.305 e. The average molecular weight is 530 g/mol. The van der Waals surface area contributed by atoms with Gasteiger partial charge in [-0.15, -0.1) is 0 Å². The van der Waals surface area contributed by atoms with Crippen molar-refractivity contribution in [1.29, 1.82) is 0 Å². The van der Waals surface area contributed by atoms with Crippen LogP contribution < -0.4 is 4.90 Å². The third kappa shape index (κ3) is 3.55. The molecule has 0 amide bonds. The summed E-state index contributed by atoms with van der Waals surface area (Å²) in [7, 11) is 0. The summed E-state index contributed by atoms with van der Waals surface area (Å²) in [4.78, 5) is 21.1. The number of pyridine rings is 4. The van der Waals surface area contributed by atoms with Crippen LogP contribution in [0.2, 0.25) is 0 Å². The maximum absolute atomic E-state index is 4.79. The zero-order valence-electron chi connectivity index (χ0n) is 23.1. The molecule has 196 valence electrons. The van der Waals surface area contributed by atoms with Crippen molar-refractivity contribution >= 4 is 71.4 Å². The Balaban J connectivity index is 1.52. The Labute approximate surface area is 237 Å². The highest BCUT2D eigenvalue weighted by molar-refractivity contribution is 6.26. The number of hydrogen-bond donors (Lipinski definition) is 0. The fourth-order valence-electron chi connectivity index (χ4n) is 6.32. The molecule has 5 heteroatoms. The van der Waals surface area contributed by atoms with Gasteiger partial charge in [0.25, 0.3) is 0 Å². The van der Waals surface area contributed by atoms with Crippen molar-refractivity contribution in [2.75, 3.05) is 4.90 Å². The molecule has 0 unspecified atom stereocenters. The average Bonchev–Trinajstić information content (AvgIpc) is 3.00. The van der Waals surface area contributed by atoms with E-state index >= 15 is 0 Å². The Morgan fingerprint density at radius 1 is 0.488 bits per heavy atom. The van der Waals surface area contributed by atoms with E-state index in [-0.39, 0.29) is 5.41 Å². The highest BCUT2D eigenvalue weighted by Crippen LogP contribution is 2.47. The van der Waals surface area contributed by atoms with E-state index in [2.05, 4.69) is 84.2 Å². The molecular weight excluding hydrogens is 502 g/mol. The number of hydrogen-bond acceptors (Lipinski definition) is 5. The Morgan fingerprint density at radius 3 is 1.63 bits per heavy atom. The van der Waals surface area contributed by atoms with Crippen LogP contribution in [0.4, 0.5) is 17.1 Å². The van der Waals surface area contributed by atoms with Crippen LogP contribution in [-0.4, -0.2) is 19.9 Å². The number of anilines is 3. The van der Waals surface area contributed by atoms with Crippen LogP contribution in [0.1, 0.15) is 26.3 Å². The van der Waals surface area contributed by atoms with Crippen LogP contribution in [0, 0.1) is 0 Å². The van der Waals surface area contributed by atoms with Crippen molar-refractivity contribution in [2.24, 2.45) is 0 Å². The lowest BCUT2D eigenvalue weighted by molar-refractivity contribution is 0.596. The molecule has 0 atom stereocenters. The number of aromatic nitrogens is 4. The molecule has 0 bridgehead atoms. The van der Waals surface area contributed by atoms with Gasteiger partial charge in [-0.1, -0.05) is 63.2 Å². The number of rotatable bonds is 3. The molecule has 0 aliphatic heterocycles. The number of nitrogens with zero attached hydrogens (tertiary/aromatic N) is 5. The third-order valence-electron chi connectivity index (χ3n) is 8.12. The molecule has 4 aromatic carbocycles. The topological polar surface area (TPSA) is 54.8 Å². The lowest BCUT2D eigenvalue weighted by Crippen LogP contribution is -2.13. The van der Waals surface area contributed by atoms with E-state index in [1.165, 1.54) is 37.9 Å². The quantitative estimate of drug-likeness (QED) is 0.214. The first-order valence-corrected chi connectivity index (χ1v) is 13.9. The largest absolute Gasteiger partial charge is 0.305 e. The molecule has 0 spiro atoms. The van der Waals surface area contributed by atoms with Crippen molar-refractivity contribution in [3.63, 3.8) is 0 Å². The molecule has 0 fully saturated rings. The summed E-state index contributed by atoms with van der Waals surface area (Å²) in [6, 6.07) is 30.0. The van der Waals surface area contributed by atoms with Crippen LogP contribution in [0.15, 0.2) is 110 Å². The van der Waals surface area contributed by atoms with Crippen molar-refractivity contribution in [2.45, 2.75) is 26.2 Å².